The third-order valence-corrected chi connectivity index (χ3v) is 5.00. The molecule has 1 heterocycles. The summed E-state index contributed by atoms with van der Waals surface area (Å²) < 4.78 is 13.4. The Morgan fingerprint density at radius 1 is 1.15 bits per heavy atom. The van der Waals surface area contributed by atoms with E-state index < -0.39 is 0 Å². The van der Waals surface area contributed by atoms with Gasteiger partial charge in [0.25, 0.3) is 0 Å². The molecule has 26 heavy (non-hydrogen) atoms. The number of allylic oxidation sites excluding steroid dienone is 1. The van der Waals surface area contributed by atoms with Crippen molar-refractivity contribution in [3.05, 3.63) is 66.1 Å². The van der Waals surface area contributed by atoms with E-state index in [-0.39, 0.29) is 5.82 Å². The molecule has 1 saturated heterocycles. The normalized spacial score (nSPS) is 15.0. The predicted octanol–water partition coefficient (Wildman–Crippen LogP) is 5.54. The van der Waals surface area contributed by atoms with Crippen LogP contribution in [0.3, 0.4) is 0 Å². The number of nitrogens with zero attached hydrogens (tertiary/aromatic N) is 1. The molecule has 0 bridgehead atoms. The minimum absolute atomic E-state index is 0.229. The van der Waals surface area contributed by atoms with Crippen molar-refractivity contribution in [3.63, 3.8) is 0 Å². The van der Waals surface area contributed by atoms with Crippen LogP contribution in [0.5, 0.6) is 0 Å². The van der Waals surface area contributed by atoms with Gasteiger partial charge in [0.05, 0.1) is 0 Å². The molecule has 1 fully saturated rings. The van der Waals surface area contributed by atoms with Crippen LogP contribution in [0.15, 0.2) is 54.7 Å². The molecule has 0 amide bonds. The van der Waals surface area contributed by atoms with Crippen LogP contribution < -0.4 is 10.6 Å². The highest BCUT2D eigenvalue weighted by Crippen LogP contribution is 2.27. The summed E-state index contributed by atoms with van der Waals surface area (Å²) in [5.41, 5.74) is 5.33. The first-order valence-electron chi connectivity index (χ1n) is 9.37. The average molecular weight is 353 g/mol. The maximum absolute atomic E-state index is 13.4. The molecule has 4 heteroatoms. The Labute approximate surface area is 155 Å². The molecule has 1 aliphatic rings. The van der Waals surface area contributed by atoms with Gasteiger partial charge in [0.2, 0.25) is 0 Å². The Kier molecular flexibility index (Phi) is 5.82. The molecule has 3 rings (SSSR count). The molecule has 0 unspecified atom stereocenters. The molecule has 0 atom stereocenters. The van der Waals surface area contributed by atoms with E-state index >= 15 is 0 Å². The minimum atomic E-state index is -0.229. The number of likely N-dealkylation sites (tertiary alicyclic amines) is 1. The lowest BCUT2D eigenvalue weighted by atomic mass is 10.0. The number of benzene rings is 2. The van der Waals surface area contributed by atoms with Crippen LogP contribution >= 0.6 is 0 Å². The van der Waals surface area contributed by atoms with E-state index in [1.54, 1.807) is 6.07 Å². The summed E-state index contributed by atoms with van der Waals surface area (Å²) in [7, 11) is 0. The fourth-order valence-electron chi connectivity index (χ4n) is 3.46. The number of nitrogens with one attached hydrogen (secondary N) is 2. The molecule has 3 nitrogen and oxygen atoms in total. The van der Waals surface area contributed by atoms with Gasteiger partial charge in [-0.15, -0.1) is 0 Å². The van der Waals surface area contributed by atoms with Gasteiger partial charge in [0, 0.05) is 41.9 Å². The van der Waals surface area contributed by atoms with Crippen molar-refractivity contribution >= 4 is 17.1 Å². The van der Waals surface area contributed by atoms with Crippen molar-refractivity contribution in [2.45, 2.75) is 39.2 Å². The smallest absolute Gasteiger partial charge is 0.125 e. The lowest BCUT2D eigenvalue weighted by Gasteiger charge is -2.34. The third-order valence-electron chi connectivity index (χ3n) is 5.00. The molecular weight excluding hydrogens is 325 g/mol. The average Bonchev–Trinajstić information content (AvgIpc) is 2.63. The fourth-order valence-corrected chi connectivity index (χ4v) is 3.46. The summed E-state index contributed by atoms with van der Waals surface area (Å²) in [6.45, 7) is 10.4. The monoisotopic (exact) mass is 353 g/mol. The van der Waals surface area contributed by atoms with Crippen LogP contribution in [0.25, 0.3) is 0 Å². The Morgan fingerprint density at radius 3 is 2.58 bits per heavy atom. The van der Waals surface area contributed by atoms with Crippen molar-refractivity contribution < 1.29 is 4.39 Å². The lowest BCUT2D eigenvalue weighted by molar-refractivity contribution is 0.273. The Balaban J connectivity index is 1.66. The van der Waals surface area contributed by atoms with Gasteiger partial charge in [-0.05, 0) is 68.1 Å². The first kappa shape index (κ1) is 18.3. The number of hydrogen-bond acceptors (Lipinski definition) is 3. The lowest BCUT2D eigenvalue weighted by Crippen LogP contribution is -2.37. The van der Waals surface area contributed by atoms with E-state index in [4.69, 9.17) is 0 Å². The topological polar surface area (TPSA) is 27.3 Å². The van der Waals surface area contributed by atoms with Gasteiger partial charge in [-0.1, -0.05) is 19.6 Å². The van der Waals surface area contributed by atoms with Crippen molar-refractivity contribution in [1.29, 1.82) is 0 Å². The molecule has 2 aromatic carbocycles. The molecule has 2 aromatic rings. The predicted molar refractivity (Wildman–Crippen MR) is 109 cm³/mol. The zero-order chi connectivity index (χ0) is 18.5. The number of anilines is 3. The standard InChI is InChI=1S/C22H28FN3/c1-4-17-14-21(24-19-10-12-26(13-11-19)16(2)3)8-9-22(17)25-20-7-5-6-18(23)15-20/h5-9,14-15,19,24-25H,2,4,10-13H2,1,3H3. The second-order valence-electron chi connectivity index (χ2n) is 7.00. The minimum Gasteiger partial charge on any atom is -0.382 e. The van der Waals surface area contributed by atoms with Gasteiger partial charge in [-0.2, -0.15) is 0 Å². The molecule has 0 aromatic heterocycles. The van der Waals surface area contributed by atoms with Gasteiger partial charge >= 0.3 is 0 Å². The maximum Gasteiger partial charge on any atom is 0.125 e. The van der Waals surface area contributed by atoms with Crippen LogP contribution in [0.4, 0.5) is 21.5 Å². The summed E-state index contributed by atoms with van der Waals surface area (Å²) >= 11 is 0. The fraction of sp³-hybridized carbons (Fsp3) is 0.364. The SMILES string of the molecule is C=C(C)N1CCC(Nc2ccc(Nc3cccc(F)c3)c(CC)c2)CC1. The van der Waals surface area contributed by atoms with Crippen molar-refractivity contribution in [2.75, 3.05) is 23.7 Å². The van der Waals surface area contributed by atoms with Gasteiger partial charge < -0.3 is 15.5 Å². The summed E-state index contributed by atoms with van der Waals surface area (Å²) in [5, 5.41) is 7.00. The van der Waals surface area contributed by atoms with Crippen molar-refractivity contribution in [1.82, 2.24) is 4.90 Å². The number of rotatable bonds is 6. The van der Waals surface area contributed by atoms with Crippen LogP contribution in [0, 0.1) is 5.82 Å². The Hall–Kier alpha value is -2.49. The molecule has 0 spiro atoms. The first-order valence-corrected chi connectivity index (χ1v) is 9.37. The number of halogens is 1. The zero-order valence-corrected chi connectivity index (χ0v) is 15.7. The zero-order valence-electron chi connectivity index (χ0n) is 15.7. The summed E-state index contributed by atoms with van der Waals surface area (Å²) in [6, 6.07) is 13.4. The number of piperidine rings is 1. The molecule has 0 saturated carbocycles. The van der Waals surface area contributed by atoms with Gasteiger partial charge in [0.15, 0.2) is 0 Å². The highest BCUT2D eigenvalue weighted by molar-refractivity contribution is 5.67. The Morgan fingerprint density at radius 2 is 1.92 bits per heavy atom. The van der Waals surface area contributed by atoms with Crippen LogP contribution in [-0.2, 0) is 6.42 Å². The summed E-state index contributed by atoms with van der Waals surface area (Å²) in [4.78, 5) is 2.35. The van der Waals surface area contributed by atoms with Gasteiger partial charge in [0.1, 0.15) is 5.82 Å². The second kappa shape index (κ2) is 8.26. The van der Waals surface area contributed by atoms with E-state index in [9.17, 15) is 4.39 Å². The van der Waals surface area contributed by atoms with Crippen LogP contribution in [0.1, 0.15) is 32.3 Å². The third kappa shape index (κ3) is 4.57. The van der Waals surface area contributed by atoms with Gasteiger partial charge in [-0.25, -0.2) is 4.39 Å². The quantitative estimate of drug-likeness (QED) is 0.714. The van der Waals surface area contributed by atoms with E-state index in [1.807, 2.05) is 6.07 Å². The number of aryl methyl sites for hydroxylation is 1. The first-order chi connectivity index (χ1) is 12.5. The summed E-state index contributed by atoms with van der Waals surface area (Å²) in [6.07, 6.45) is 3.16. The summed E-state index contributed by atoms with van der Waals surface area (Å²) in [5.74, 6) is -0.229. The maximum atomic E-state index is 13.4. The van der Waals surface area contributed by atoms with Crippen LogP contribution in [0.2, 0.25) is 0 Å². The molecule has 2 N–H and O–H groups in total. The highest BCUT2D eigenvalue weighted by atomic mass is 19.1. The van der Waals surface area contributed by atoms with E-state index in [0.717, 1.165) is 55.1 Å². The molecular formula is C22H28FN3. The second-order valence-corrected chi connectivity index (χ2v) is 7.00. The molecule has 0 radical (unpaired) electrons. The van der Waals surface area contributed by atoms with E-state index in [1.165, 1.54) is 17.7 Å². The highest BCUT2D eigenvalue weighted by Gasteiger charge is 2.18. The molecule has 138 valence electrons. The van der Waals surface area contributed by atoms with E-state index in [0.29, 0.717) is 6.04 Å². The van der Waals surface area contributed by atoms with Gasteiger partial charge in [-0.3, -0.25) is 0 Å². The Bertz CT molecular complexity index is 764. The molecule has 0 aliphatic carbocycles. The number of hydrogen-bond donors (Lipinski definition) is 2. The van der Waals surface area contributed by atoms with Crippen LogP contribution in [-0.4, -0.2) is 24.0 Å². The largest absolute Gasteiger partial charge is 0.382 e. The van der Waals surface area contributed by atoms with E-state index in [2.05, 4.69) is 54.2 Å². The van der Waals surface area contributed by atoms with Crippen molar-refractivity contribution in [3.8, 4) is 0 Å². The van der Waals surface area contributed by atoms with Crippen molar-refractivity contribution in [2.24, 2.45) is 0 Å². The molecule has 1 aliphatic heterocycles.